The van der Waals surface area contributed by atoms with E-state index in [0.717, 1.165) is 25.3 Å². The molecular formula is C19H18F3N5OS. The van der Waals surface area contributed by atoms with Crippen LogP contribution in [0.3, 0.4) is 0 Å². The van der Waals surface area contributed by atoms with Crippen molar-refractivity contribution in [1.82, 2.24) is 24.4 Å². The number of hydrogen-bond donors (Lipinski definition) is 0. The molecule has 3 aromatic heterocycles. The molecule has 0 bridgehead atoms. The SMILES string of the molecule is Cn1cnc(C(=O)N(Cc2csc(-c3ccc(C(F)(F)F)nc3)n2)C2CCC2)c1. The highest BCUT2D eigenvalue weighted by Crippen LogP contribution is 2.31. The average Bonchev–Trinajstić information content (AvgIpc) is 3.27. The zero-order valence-corrected chi connectivity index (χ0v) is 16.4. The molecule has 29 heavy (non-hydrogen) atoms. The predicted octanol–water partition coefficient (Wildman–Crippen LogP) is 4.15. The number of alkyl halides is 3. The molecule has 1 aliphatic carbocycles. The van der Waals surface area contributed by atoms with Gasteiger partial charge in [-0.1, -0.05) is 0 Å². The molecule has 0 saturated heterocycles. The molecule has 1 amide bonds. The van der Waals surface area contributed by atoms with E-state index >= 15 is 0 Å². The molecule has 152 valence electrons. The van der Waals surface area contributed by atoms with Crippen LogP contribution in [0.25, 0.3) is 10.6 Å². The number of pyridine rings is 1. The van der Waals surface area contributed by atoms with E-state index in [1.54, 1.807) is 22.0 Å². The molecule has 0 radical (unpaired) electrons. The fourth-order valence-electron chi connectivity index (χ4n) is 3.11. The van der Waals surface area contributed by atoms with E-state index in [-0.39, 0.29) is 11.9 Å². The minimum atomic E-state index is -4.47. The van der Waals surface area contributed by atoms with Gasteiger partial charge in [0.05, 0.1) is 18.6 Å². The van der Waals surface area contributed by atoms with Crippen LogP contribution in [-0.4, -0.2) is 36.4 Å². The molecule has 3 aromatic rings. The maximum Gasteiger partial charge on any atom is 0.433 e. The summed E-state index contributed by atoms with van der Waals surface area (Å²) in [6, 6.07) is 2.46. The Labute approximate surface area is 169 Å². The highest BCUT2D eigenvalue weighted by molar-refractivity contribution is 7.13. The summed E-state index contributed by atoms with van der Waals surface area (Å²) >= 11 is 1.32. The number of amides is 1. The van der Waals surface area contributed by atoms with Gasteiger partial charge in [0.2, 0.25) is 0 Å². The van der Waals surface area contributed by atoms with E-state index in [4.69, 9.17) is 0 Å². The van der Waals surface area contributed by atoms with Gasteiger partial charge in [-0.3, -0.25) is 9.78 Å². The number of aromatic nitrogens is 4. The average molecular weight is 421 g/mol. The van der Waals surface area contributed by atoms with Crippen LogP contribution in [0.5, 0.6) is 0 Å². The van der Waals surface area contributed by atoms with Crippen molar-refractivity contribution in [2.24, 2.45) is 7.05 Å². The van der Waals surface area contributed by atoms with Crippen LogP contribution in [0, 0.1) is 0 Å². The van der Waals surface area contributed by atoms with E-state index in [2.05, 4.69) is 15.0 Å². The first-order valence-electron chi connectivity index (χ1n) is 9.08. The maximum absolute atomic E-state index is 12.9. The molecule has 3 heterocycles. The van der Waals surface area contributed by atoms with Crippen LogP contribution >= 0.6 is 11.3 Å². The van der Waals surface area contributed by atoms with Crippen molar-refractivity contribution >= 4 is 17.2 Å². The van der Waals surface area contributed by atoms with Crippen molar-refractivity contribution in [2.45, 2.75) is 38.0 Å². The van der Waals surface area contributed by atoms with Gasteiger partial charge in [-0.2, -0.15) is 13.2 Å². The van der Waals surface area contributed by atoms with Gasteiger partial charge in [0.1, 0.15) is 16.4 Å². The van der Waals surface area contributed by atoms with Crippen molar-refractivity contribution in [3.8, 4) is 10.6 Å². The smallest absolute Gasteiger partial charge is 0.340 e. The second-order valence-electron chi connectivity index (χ2n) is 7.02. The summed E-state index contributed by atoms with van der Waals surface area (Å²) in [6.45, 7) is 0.338. The third-order valence-corrected chi connectivity index (χ3v) is 5.83. The standard InChI is InChI=1S/C19H18F3N5OS/c1-26-9-15(24-11-26)18(28)27(14-3-2-4-14)8-13-10-29-17(25-13)12-5-6-16(23-7-12)19(20,21)22/h5-7,9-11,14H,2-4,8H2,1H3. The number of aryl methyl sites for hydroxylation is 1. The highest BCUT2D eigenvalue weighted by atomic mass is 32.1. The summed E-state index contributed by atoms with van der Waals surface area (Å²) in [6.07, 6.45) is 2.95. The van der Waals surface area contributed by atoms with Gasteiger partial charge in [0.15, 0.2) is 0 Å². The van der Waals surface area contributed by atoms with E-state index in [1.807, 2.05) is 12.4 Å². The van der Waals surface area contributed by atoms with Gasteiger partial charge < -0.3 is 9.47 Å². The van der Waals surface area contributed by atoms with E-state index < -0.39 is 11.9 Å². The maximum atomic E-state index is 12.9. The Morgan fingerprint density at radius 3 is 2.66 bits per heavy atom. The lowest BCUT2D eigenvalue weighted by atomic mass is 9.91. The lowest BCUT2D eigenvalue weighted by molar-refractivity contribution is -0.141. The van der Waals surface area contributed by atoms with Gasteiger partial charge in [-0.15, -0.1) is 11.3 Å². The van der Waals surface area contributed by atoms with Crippen LogP contribution in [0.15, 0.2) is 36.2 Å². The molecular weight excluding hydrogens is 403 g/mol. The Balaban J connectivity index is 1.52. The first-order valence-corrected chi connectivity index (χ1v) is 9.96. The summed E-state index contributed by atoms with van der Waals surface area (Å²) in [5, 5.41) is 2.39. The molecule has 1 saturated carbocycles. The summed E-state index contributed by atoms with van der Waals surface area (Å²) in [5.41, 5.74) is 0.665. The van der Waals surface area contributed by atoms with Crippen molar-refractivity contribution < 1.29 is 18.0 Å². The van der Waals surface area contributed by atoms with Crippen molar-refractivity contribution in [3.05, 3.63) is 53.3 Å². The number of carbonyl (C=O) groups is 1. The Kier molecular flexibility index (Phi) is 5.12. The number of hydrogen-bond acceptors (Lipinski definition) is 5. The number of nitrogens with zero attached hydrogens (tertiary/aromatic N) is 5. The molecule has 1 fully saturated rings. The first-order chi connectivity index (χ1) is 13.8. The van der Waals surface area contributed by atoms with Gasteiger partial charge >= 0.3 is 6.18 Å². The first kappa shape index (κ1) is 19.6. The summed E-state index contributed by atoms with van der Waals surface area (Å²) in [5.74, 6) is -0.138. The molecule has 1 aliphatic rings. The third-order valence-electron chi connectivity index (χ3n) is 4.89. The van der Waals surface area contributed by atoms with Crippen LogP contribution < -0.4 is 0 Å². The second-order valence-corrected chi connectivity index (χ2v) is 7.87. The molecule has 4 rings (SSSR count). The fourth-order valence-corrected chi connectivity index (χ4v) is 3.91. The van der Waals surface area contributed by atoms with E-state index in [0.29, 0.717) is 28.5 Å². The van der Waals surface area contributed by atoms with Crippen molar-refractivity contribution in [2.75, 3.05) is 0 Å². The van der Waals surface area contributed by atoms with Gasteiger partial charge in [-0.25, -0.2) is 9.97 Å². The van der Waals surface area contributed by atoms with Gasteiger partial charge in [0.25, 0.3) is 5.91 Å². The van der Waals surface area contributed by atoms with Gasteiger partial charge in [-0.05, 0) is 31.4 Å². The number of thiazole rings is 1. The molecule has 0 aliphatic heterocycles. The van der Waals surface area contributed by atoms with Crippen LogP contribution in [0.1, 0.15) is 41.1 Å². The number of carbonyl (C=O) groups excluding carboxylic acids is 1. The normalized spacial score (nSPS) is 14.6. The molecule has 6 nitrogen and oxygen atoms in total. The van der Waals surface area contributed by atoms with Gasteiger partial charge in [0, 0.05) is 36.4 Å². The Hall–Kier alpha value is -2.75. The molecule has 0 spiro atoms. The molecule has 0 unspecified atom stereocenters. The Morgan fingerprint density at radius 2 is 2.10 bits per heavy atom. The van der Waals surface area contributed by atoms with Crippen molar-refractivity contribution in [3.63, 3.8) is 0 Å². The number of rotatable bonds is 5. The Bertz CT molecular complexity index is 1010. The minimum absolute atomic E-state index is 0.138. The summed E-state index contributed by atoms with van der Waals surface area (Å²) in [7, 11) is 1.81. The minimum Gasteiger partial charge on any atom is -0.340 e. The molecule has 0 N–H and O–H groups in total. The third kappa shape index (κ3) is 4.16. The predicted molar refractivity (Wildman–Crippen MR) is 101 cm³/mol. The lowest BCUT2D eigenvalue weighted by Gasteiger charge is -2.36. The Morgan fingerprint density at radius 1 is 1.31 bits per heavy atom. The van der Waals surface area contributed by atoms with Crippen molar-refractivity contribution in [1.29, 1.82) is 0 Å². The fraction of sp³-hybridized carbons (Fsp3) is 0.368. The summed E-state index contributed by atoms with van der Waals surface area (Å²) in [4.78, 5) is 26.9. The molecule has 0 atom stereocenters. The zero-order chi connectivity index (χ0) is 20.6. The lowest BCUT2D eigenvalue weighted by Crippen LogP contribution is -2.43. The van der Waals surface area contributed by atoms with Crippen LogP contribution in [-0.2, 0) is 19.8 Å². The summed E-state index contributed by atoms with van der Waals surface area (Å²) < 4.78 is 39.8. The van der Waals surface area contributed by atoms with Crippen LogP contribution in [0.4, 0.5) is 13.2 Å². The number of halogens is 3. The topological polar surface area (TPSA) is 63.9 Å². The van der Waals surface area contributed by atoms with Crippen LogP contribution in [0.2, 0.25) is 0 Å². The molecule has 0 aromatic carbocycles. The van der Waals surface area contributed by atoms with E-state index in [1.165, 1.54) is 23.6 Å². The number of imidazole rings is 1. The highest BCUT2D eigenvalue weighted by Gasteiger charge is 2.33. The quantitative estimate of drug-likeness (QED) is 0.621. The zero-order valence-electron chi connectivity index (χ0n) is 15.6. The second kappa shape index (κ2) is 7.58. The largest absolute Gasteiger partial charge is 0.433 e. The van der Waals surface area contributed by atoms with E-state index in [9.17, 15) is 18.0 Å². The molecule has 10 heteroatoms. The monoisotopic (exact) mass is 421 g/mol.